The van der Waals surface area contributed by atoms with Gasteiger partial charge in [0.05, 0.1) is 6.10 Å². The molecule has 2 unspecified atom stereocenters. The van der Waals surface area contributed by atoms with E-state index < -0.39 is 0 Å². The van der Waals surface area contributed by atoms with Gasteiger partial charge in [-0.1, -0.05) is 6.07 Å². The summed E-state index contributed by atoms with van der Waals surface area (Å²) in [5.74, 6) is 1.09. The Morgan fingerprint density at radius 2 is 2.10 bits per heavy atom. The third kappa shape index (κ3) is 3.16. The lowest BCUT2D eigenvalue weighted by molar-refractivity contribution is -0.143. The molecular formula is C15H22N4O2. The molecule has 2 aliphatic heterocycles. The highest BCUT2D eigenvalue weighted by molar-refractivity contribution is 5.81. The van der Waals surface area contributed by atoms with Gasteiger partial charge in [0.2, 0.25) is 0 Å². The average Bonchev–Trinajstić information content (AvgIpc) is 3.04. The first-order chi connectivity index (χ1) is 10.3. The first kappa shape index (κ1) is 14.3. The van der Waals surface area contributed by atoms with Crippen molar-refractivity contribution in [2.24, 2.45) is 5.73 Å². The summed E-state index contributed by atoms with van der Waals surface area (Å²) in [5, 5.41) is 0. The number of carbonyl (C=O) groups is 1. The summed E-state index contributed by atoms with van der Waals surface area (Å²) in [6.45, 7) is 3.58. The fraction of sp³-hybridized carbons (Fsp3) is 0.600. The summed E-state index contributed by atoms with van der Waals surface area (Å²) in [6, 6.07) is 5.90. The summed E-state index contributed by atoms with van der Waals surface area (Å²) >= 11 is 0. The van der Waals surface area contributed by atoms with E-state index in [1.807, 2.05) is 23.1 Å². The van der Waals surface area contributed by atoms with Crippen LogP contribution in [0.4, 0.5) is 5.82 Å². The number of nitrogens with zero attached hydrogens (tertiary/aromatic N) is 3. The molecule has 1 aromatic heterocycles. The van der Waals surface area contributed by atoms with E-state index in [4.69, 9.17) is 10.5 Å². The van der Waals surface area contributed by atoms with Crippen LogP contribution in [-0.4, -0.2) is 60.7 Å². The van der Waals surface area contributed by atoms with Gasteiger partial charge in [-0.25, -0.2) is 4.98 Å². The van der Waals surface area contributed by atoms with Gasteiger partial charge in [0.25, 0.3) is 5.91 Å². The topological polar surface area (TPSA) is 71.7 Å². The monoisotopic (exact) mass is 290 g/mol. The summed E-state index contributed by atoms with van der Waals surface area (Å²) in [4.78, 5) is 20.9. The van der Waals surface area contributed by atoms with Crippen molar-refractivity contribution in [1.29, 1.82) is 0 Å². The van der Waals surface area contributed by atoms with Crippen LogP contribution in [0.1, 0.15) is 12.8 Å². The number of piperazine rings is 1. The molecule has 21 heavy (non-hydrogen) atoms. The Kier molecular flexibility index (Phi) is 4.36. The van der Waals surface area contributed by atoms with E-state index in [1.165, 1.54) is 0 Å². The van der Waals surface area contributed by atoms with Crippen LogP contribution in [0.3, 0.4) is 0 Å². The highest BCUT2D eigenvalue weighted by atomic mass is 16.5. The third-order valence-corrected chi connectivity index (χ3v) is 4.21. The molecule has 114 valence electrons. The third-order valence-electron chi connectivity index (χ3n) is 4.21. The Morgan fingerprint density at radius 3 is 2.71 bits per heavy atom. The zero-order chi connectivity index (χ0) is 14.7. The van der Waals surface area contributed by atoms with Crippen LogP contribution in [0, 0.1) is 0 Å². The normalized spacial score (nSPS) is 26.1. The molecule has 2 fully saturated rings. The first-order valence-electron chi connectivity index (χ1n) is 7.58. The van der Waals surface area contributed by atoms with E-state index in [1.54, 1.807) is 6.20 Å². The SMILES string of the molecule is NCC1CCC(C(=O)N2CCN(c3ccccn3)CC2)O1. The second kappa shape index (κ2) is 6.41. The van der Waals surface area contributed by atoms with Crippen LogP contribution in [0.25, 0.3) is 0 Å². The minimum absolute atomic E-state index is 0.0498. The molecule has 1 aromatic rings. The molecule has 2 N–H and O–H groups in total. The van der Waals surface area contributed by atoms with Gasteiger partial charge in [-0.05, 0) is 25.0 Å². The van der Waals surface area contributed by atoms with Crippen LogP contribution in [-0.2, 0) is 9.53 Å². The van der Waals surface area contributed by atoms with Crippen LogP contribution in [0.15, 0.2) is 24.4 Å². The molecule has 2 atom stereocenters. The van der Waals surface area contributed by atoms with E-state index in [2.05, 4.69) is 9.88 Å². The molecule has 0 aromatic carbocycles. The van der Waals surface area contributed by atoms with Crippen LogP contribution >= 0.6 is 0 Å². The predicted octanol–water partition coefficient (Wildman–Crippen LogP) is 0.236. The summed E-state index contributed by atoms with van der Waals surface area (Å²) in [7, 11) is 0. The molecule has 0 bridgehead atoms. The van der Waals surface area contributed by atoms with E-state index in [0.29, 0.717) is 6.54 Å². The highest BCUT2D eigenvalue weighted by Crippen LogP contribution is 2.22. The highest BCUT2D eigenvalue weighted by Gasteiger charge is 2.34. The van der Waals surface area contributed by atoms with Gasteiger partial charge in [-0.2, -0.15) is 0 Å². The summed E-state index contributed by atoms with van der Waals surface area (Å²) in [6.07, 6.45) is 3.24. The molecular weight excluding hydrogens is 268 g/mol. The van der Waals surface area contributed by atoms with E-state index >= 15 is 0 Å². The van der Waals surface area contributed by atoms with Crippen molar-refractivity contribution in [3.8, 4) is 0 Å². The van der Waals surface area contributed by atoms with Crippen molar-refractivity contribution in [3.63, 3.8) is 0 Å². The standard InChI is InChI=1S/C15H22N4O2/c16-11-12-4-5-13(21-12)15(20)19-9-7-18(8-10-19)14-3-1-2-6-17-14/h1-3,6,12-13H,4-5,7-11,16H2. The van der Waals surface area contributed by atoms with Crippen molar-refractivity contribution in [2.75, 3.05) is 37.6 Å². The number of amides is 1. The molecule has 1 amide bonds. The quantitative estimate of drug-likeness (QED) is 0.863. The van der Waals surface area contributed by atoms with Crippen molar-refractivity contribution in [1.82, 2.24) is 9.88 Å². The van der Waals surface area contributed by atoms with Gasteiger partial charge < -0.3 is 20.3 Å². The van der Waals surface area contributed by atoms with Crippen LogP contribution in [0.5, 0.6) is 0 Å². The number of ether oxygens (including phenoxy) is 1. The van der Waals surface area contributed by atoms with Crippen molar-refractivity contribution < 1.29 is 9.53 Å². The van der Waals surface area contributed by atoms with Gasteiger partial charge in [0.15, 0.2) is 0 Å². The first-order valence-corrected chi connectivity index (χ1v) is 7.58. The number of hydrogen-bond donors (Lipinski definition) is 1. The fourth-order valence-electron chi connectivity index (χ4n) is 2.96. The molecule has 3 rings (SSSR count). The molecule has 3 heterocycles. The molecule has 2 saturated heterocycles. The zero-order valence-electron chi connectivity index (χ0n) is 12.1. The maximum atomic E-state index is 12.4. The Morgan fingerprint density at radius 1 is 1.29 bits per heavy atom. The molecule has 6 heteroatoms. The van der Waals surface area contributed by atoms with E-state index in [-0.39, 0.29) is 18.1 Å². The lowest BCUT2D eigenvalue weighted by Crippen LogP contribution is -2.51. The molecule has 0 radical (unpaired) electrons. The average molecular weight is 290 g/mol. The van der Waals surface area contributed by atoms with Gasteiger partial charge in [0.1, 0.15) is 11.9 Å². The minimum Gasteiger partial charge on any atom is -0.364 e. The largest absolute Gasteiger partial charge is 0.364 e. The number of aromatic nitrogens is 1. The summed E-state index contributed by atoms with van der Waals surface area (Å²) in [5.41, 5.74) is 5.59. The predicted molar refractivity (Wildman–Crippen MR) is 80.0 cm³/mol. The van der Waals surface area contributed by atoms with Crippen molar-refractivity contribution >= 4 is 11.7 Å². The number of anilines is 1. The van der Waals surface area contributed by atoms with Gasteiger partial charge >= 0.3 is 0 Å². The lowest BCUT2D eigenvalue weighted by Gasteiger charge is -2.36. The van der Waals surface area contributed by atoms with E-state index in [0.717, 1.165) is 44.8 Å². The number of pyridine rings is 1. The molecule has 0 saturated carbocycles. The number of nitrogens with two attached hydrogens (primary N) is 1. The Balaban J connectivity index is 1.53. The van der Waals surface area contributed by atoms with Crippen molar-refractivity contribution in [3.05, 3.63) is 24.4 Å². The molecule has 0 aliphatic carbocycles. The smallest absolute Gasteiger partial charge is 0.251 e. The second-order valence-electron chi connectivity index (χ2n) is 5.56. The van der Waals surface area contributed by atoms with E-state index in [9.17, 15) is 4.79 Å². The lowest BCUT2D eigenvalue weighted by atomic mass is 10.1. The Hall–Kier alpha value is -1.66. The molecule has 0 spiro atoms. The van der Waals surface area contributed by atoms with Gasteiger partial charge in [-0.3, -0.25) is 4.79 Å². The second-order valence-corrected chi connectivity index (χ2v) is 5.56. The zero-order valence-corrected chi connectivity index (χ0v) is 12.1. The fourth-order valence-corrected chi connectivity index (χ4v) is 2.96. The maximum absolute atomic E-state index is 12.4. The Labute approximate surface area is 124 Å². The number of hydrogen-bond acceptors (Lipinski definition) is 5. The molecule has 6 nitrogen and oxygen atoms in total. The Bertz CT molecular complexity index is 474. The maximum Gasteiger partial charge on any atom is 0.251 e. The van der Waals surface area contributed by atoms with Gasteiger partial charge in [-0.15, -0.1) is 0 Å². The summed E-state index contributed by atoms with van der Waals surface area (Å²) < 4.78 is 5.69. The van der Waals surface area contributed by atoms with Crippen LogP contribution in [0.2, 0.25) is 0 Å². The van der Waals surface area contributed by atoms with Crippen molar-refractivity contribution in [2.45, 2.75) is 25.0 Å². The van der Waals surface area contributed by atoms with Gasteiger partial charge in [0, 0.05) is 38.9 Å². The van der Waals surface area contributed by atoms with Crippen LogP contribution < -0.4 is 10.6 Å². The number of rotatable bonds is 3. The molecule has 2 aliphatic rings. The minimum atomic E-state index is -0.292. The number of carbonyl (C=O) groups excluding carboxylic acids is 1.